The number of nitro groups is 1. The molecule has 0 radical (unpaired) electrons. The van der Waals surface area contributed by atoms with Crippen LogP contribution in [-0.2, 0) is 11.0 Å². The second kappa shape index (κ2) is 11.5. The Morgan fingerprint density at radius 1 is 1.16 bits per heavy atom. The summed E-state index contributed by atoms with van der Waals surface area (Å²) in [5.74, 6) is 0.924. The fourth-order valence-electron chi connectivity index (χ4n) is 4.72. The quantitative estimate of drug-likeness (QED) is 0.394. The maximum absolute atomic E-state index is 13.2. The first-order chi connectivity index (χ1) is 17.6. The number of nitro benzene ring substituents is 1. The molecule has 0 aliphatic carbocycles. The zero-order valence-corrected chi connectivity index (χ0v) is 20.8. The van der Waals surface area contributed by atoms with Crippen molar-refractivity contribution in [2.45, 2.75) is 31.5 Å². The molecule has 2 fully saturated rings. The van der Waals surface area contributed by atoms with Crippen molar-refractivity contribution in [3.05, 3.63) is 57.2 Å². The van der Waals surface area contributed by atoms with Gasteiger partial charge in [0.05, 0.1) is 9.95 Å². The Bertz CT molecular complexity index is 1110. The topological polar surface area (TPSA) is 94.9 Å². The van der Waals surface area contributed by atoms with E-state index in [0.717, 1.165) is 57.1 Å². The molecule has 2 aromatic rings. The van der Waals surface area contributed by atoms with E-state index in [1.54, 1.807) is 11.1 Å². The molecule has 0 saturated carbocycles. The average Bonchev–Trinajstić information content (AvgIpc) is 3.33. The lowest BCUT2D eigenvalue weighted by Crippen LogP contribution is -2.47. The summed E-state index contributed by atoms with van der Waals surface area (Å²) < 4.78 is 39.7. The number of likely N-dealkylation sites (tertiary alicyclic amines) is 1. The van der Waals surface area contributed by atoms with Crippen molar-refractivity contribution in [3.63, 3.8) is 0 Å². The Morgan fingerprint density at radius 3 is 2.57 bits per heavy atom. The number of alkyl halides is 3. The minimum atomic E-state index is -4.84. The van der Waals surface area contributed by atoms with E-state index in [4.69, 9.17) is 11.6 Å². The number of hydrogen-bond donors (Lipinski definition) is 1. The average molecular weight is 541 g/mol. The third kappa shape index (κ3) is 7.01. The van der Waals surface area contributed by atoms with E-state index >= 15 is 0 Å². The van der Waals surface area contributed by atoms with Gasteiger partial charge in [0.15, 0.2) is 0 Å². The number of piperazine rings is 1. The molecule has 0 spiro atoms. The zero-order valence-electron chi connectivity index (χ0n) is 20.1. The number of amides is 1. The normalized spacial score (nSPS) is 18.8. The molecule has 1 atom stereocenters. The molecule has 2 aliphatic heterocycles. The van der Waals surface area contributed by atoms with Gasteiger partial charge in [-0.2, -0.15) is 13.2 Å². The first kappa shape index (κ1) is 26.9. The smallest absolute Gasteiger partial charge is 0.380 e. The molecule has 1 N–H and O–H groups in total. The summed E-state index contributed by atoms with van der Waals surface area (Å²) in [5.41, 5.74) is -2.13. The van der Waals surface area contributed by atoms with Crippen molar-refractivity contribution in [3.8, 4) is 0 Å². The number of carbonyl (C=O) groups is 1. The van der Waals surface area contributed by atoms with Gasteiger partial charge in [0, 0.05) is 69.7 Å². The lowest BCUT2D eigenvalue weighted by molar-refractivity contribution is -0.388. The maximum Gasteiger partial charge on any atom is 0.423 e. The predicted octanol–water partition coefficient (Wildman–Crippen LogP) is 4.28. The number of nitrogens with one attached hydrogen (secondary N) is 1. The van der Waals surface area contributed by atoms with E-state index in [0.29, 0.717) is 31.0 Å². The number of aromatic nitrogens is 1. The molecule has 0 bridgehead atoms. The third-order valence-corrected chi connectivity index (χ3v) is 6.91. The van der Waals surface area contributed by atoms with Crippen LogP contribution in [0, 0.1) is 10.1 Å². The summed E-state index contributed by atoms with van der Waals surface area (Å²) in [5, 5.41) is 14.5. The molecule has 200 valence electrons. The van der Waals surface area contributed by atoms with Crippen LogP contribution in [0.5, 0.6) is 0 Å². The SMILES string of the molecule is O=C(CCCN1CCN(c2ccc(Cl)cn2)CC1)N1CCC(Nc2ccc([N+](=O)[O-])c(C(F)(F)F)c2)C1. The summed E-state index contributed by atoms with van der Waals surface area (Å²) in [4.78, 5) is 33.2. The Kier molecular flexibility index (Phi) is 8.38. The molecular weight excluding hydrogens is 513 g/mol. The minimum Gasteiger partial charge on any atom is -0.380 e. The van der Waals surface area contributed by atoms with E-state index in [9.17, 15) is 28.1 Å². The van der Waals surface area contributed by atoms with Gasteiger partial charge in [0.25, 0.3) is 5.69 Å². The first-order valence-corrected chi connectivity index (χ1v) is 12.5. The van der Waals surface area contributed by atoms with Gasteiger partial charge < -0.3 is 15.1 Å². The van der Waals surface area contributed by atoms with Crippen LogP contribution in [0.25, 0.3) is 0 Å². The highest BCUT2D eigenvalue weighted by Crippen LogP contribution is 2.37. The second-order valence-electron chi connectivity index (χ2n) is 9.22. The van der Waals surface area contributed by atoms with Gasteiger partial charge in [0.1, 0.15) is 11.4 Å². The van der Waals surface area contributed by atoms with Crippen molar-refractivity contribution < 1.29 is 22.9 Å². The summed E-state index contributed by atoms with van der Waals surface area (Å²) in [6.45, 7) is 5.16. The van der Waals surface area contributed by atoms with Crippen LogP contribution < -0.4 is 10.2 Å². The molecule has 1 amide bonds. The number of nitrogens with zero attached hydrogens (tertiary/aromatic N) is 5. The number of halogens is 4. The van der Waals surface area contributed by atoms with Crippen molar-refractivity contribution in [1.82, 2.24) is 14.8 Å². The fourth-order valence-corrected chi connectivity index (χ4v) is 4.83. The highest BCUT2D eigenvalue weighted by molar-refractivity contribution is 6.30. The monoisotopic (exact) mass is 540 g/mol. The van der Waals surface area contributed by atoms with Crippen molar-refractivity contribution in [2.24, 2.45) is 0 Å². The van der Waals surface area contributed by atoms with Gasteiger partial charge in [-0.05, 0) is 43.7 Å². The van der Waals surface area contributed by atoms with Crippen LogP contribution in [0.4, 0.5) is 30.4 Å². The molecule has 1 aromatic carbocycles. The summed E-state index contributed by atoms with van der Waals surface area (Å²) in [6, 6.07) is 6.39. The number of benzene rings is 1. The number of anilines is 2. The van der Waals surface area contributed by atoms with Crippen molar-refractivity contribution in [2.75, 3.05) is 56.0 Å². The lowest BCUT2D eigenvalue weighted by Gasteiger charge is -2.35. The Balaban J connectivity index is 1.19. The van der Waals surface area contributed by atoms with E-state index in [-0.39, 0.29) is 17.6 Å². The second-order valence-corrected chi connectivity index (χ2v) is 9.66. The largest absolute Gasteiger partial charge is 0.423 e. The first-order valence-electron chi connectivity index (χ1n) is 12.1. The zero-order chi connectivity index (χ0) is 26.6. The molecule has 4 rings (SSSR count). The fraction of sp³-hybridized carbons (Fsp3) is 0.500. The highest BCUT2D eigenvalue weighted by atomic mass is 35.5. The van der Waals surface area contributed by atoms with Crippen molar-refractivity contribution >= 4 is 34.7 Å². The highest BCUT2D eigenvalue weighted by Gasteiger charge is 2.38. The lowest BCUT2D eigenvalue weighted by atomic mass is 10.1. The Morgan fingerprint density at radius 2 is 1.92 bits per heavy atom. The Hall–Kier alpha value is -3.12. The van der Waals surface area contributed by atoms with Crippen LogP contribution in [0.3, 0.4) is 0 Å². The van der Waals surface area contributed by atoms with E-state index in [1.807, 2.05) is 12.1 Å². The predicted molar refractivity (Wildman–Crippen MR) is 134 cm³/mol. The molecular formula is C24H28ClF3N6O3. The number of pyridine rings is 1. The minimum absolute atomic E-state index is 0.0213. The summed E-state index contributed by atoms with van der Waals surface area (Å²) >= 11 is 5.90. The standard InChI is InChI=1S/C24H28ClF3N6O3/c25-17-3-6-22(29-15-17)32-12-10-31(11-13-32)8-1-2-23(35)33-9-7-19(16-33)30-18-4-5-21(34(36)37)20(14-18)24(26,27)28/h3-6,14-15,19,30H,1-2,7-13,16H2. The third-order valence-electron chi connectivity index (χ3n) is 6.68. The van der Waals surface area contributed by atoms with Crippen molar-refractivity contribution in [1.29, 1.82) is 0 Å². The summed E-state index contributed by atoms with van der Waals surface area (Å²) in [6.07, 6.45) is -1.48. The van der Waals surface area contributed by atoms with Gasteiger partial charge in [0.2, 0.25) is 5.91 Å². The van der Waals surface area contributed by atoms with Gasteiger partial charge in [-0.15, -0.1) is 0 Å². The van der Waals surface area contributed by atoms with Crippen LogP contribution in [0.2, 0.25) is 5.02 Å². The molecule has 13 heteroatoms. The molecule has 2 saturated heterocycles. The van der Waals surface area contributed by atoms with Gasteiger partial charge in [-0.25, -0.2) is 4.98 Å². The molecule has 2 aliphatic rings. The van der Waals surface area contributed by atoms with E-state index in [2.05, 4.69) is 20.1 Å². The maximum atomic E-state index is 13.2. The number of carbonyl (C=O) groups excluding carboxylic acids is 1. The Labute approximate surface area is 217 Å². The molecule has 1 aromatic heterocycles. The van der Waals surface area contributed by atoms with E-state index < -0.39 is 22.4 Å². The molecule has 9 nitrogen and oxygen atoms in total. The van der Waals surface area contributed by atoms with Crippen LogP contribution in [-0.4, -0.2) is 77.5 Å². The number of hydrogen-bond acceptors (Lipinski definition) is 7. The van der Waals surface area contributed by atoms with E-state index in [1.165, 1.54) is 6.07 Å². The van der Waals surface area contributed by atoms with Gasteiger partial charge in [-0.3, -0.25) is 19.8 Å². The summed E-state index contributed by atoms with van der Waals surface area (Å²) in [7, 11) is 0. The van der Waals surface area contributed by atoms with Crippen LogP contribution in [0.1, 0.15) is 24.8 Å². The number of rotatable bonds is 8. The van der Waals surface area contributed by atoms with Crippen LogP contribution in [0.15, 0.2) is 36.5 Å². The molecule has 37 heavy (non-hydrogen) atoms. The van der Waals surface area contributed by atoms with Crippen LogP contribution >= 0.6 is 11.6 Å². The molecule has 3 heterocycles. The van der Waals surface area contributed by atoms with Gasteiger partial charge in [-0.1, -0.05) is 11.6 Å². The molecule has 1 unspecified atom stereocenters. The van der Waals surface area contributed by atoms with Gasteiger partial charge >= 0.3 is 6.18 Å².